The second-order valence-electron chi connectivity index (χ2n) is 3.43. The predicted molar refractivity (Wildman–Crippen MR) is 54.8 cm³/mol. The van der Waals surface area contributed by atoms with E-state index in [0.29, 0.717) is 16.8 Å². The van der Waals surface area contributed by atoms with Crippen LogP contribution in [0, 0.1) is 0 Å². The monoisotopic (exact) mass is 193 g/mol. The molecule has 0 aliphatic heterocycles. The molecular formula is C11H15NO2. The molecule has 3 nitrogen and oxygen atoms in total. The lowest BCUT2D eigenvalue weighted by molar-refractivity contribution is -0.116. The van der Waals surface area contributed by atoms with Gasteiger partial charge in [0.15, 0.2) is 5.78 Å². The van der Waals surface area contributed by atoms with Crippen molar-refractivity contribution < 1.29 is 9.59 Å². The minimum atomic E-state index is -0.0688. The highest BCUT2D eigenvalue weighted by Gasteiger charge is 2.22. The molecule has 76 valence electrons. The smallest absolute Gasteiger partial charge is 0.205 e. The summed E-state index contributed by atoms with van der Waals surface area (Å²) in [6, 6.07) is 0. The normalized spacial score (nSPS) is 17.2. The fraction of sp³-hybridized carbons (Fsp3) is 0.455. The fourth-order valence-electron chi connectivity index (χ4n) is 1.25. The first-order valence-corrected chi connectivity index (χ1v) is 4.80. The second-order valence-corrected chi connectivity index (χ2v) is 3.43. The molecule has 0 aromatic rings. The van der Waals surface area contributed by atoms with Crippen molar-refractivity contribution in [2.45, 2.75) is 27.2 Å². The molecule has 0 spiro atoms. The molecule has 0 amide bonds. The number of hydrogen-bond donors (Lipinski definition) is 1. The molecular weight excluding hydrogens is 178 g/mol. The van der Waals surface area contributed by atoms with E-state index < -0.39 is 0 Å². The number of Topliss-reactive ketones (excluding diaryl/α,β-unsaturated/α-hetero) is 1. The zero-order chi connectivity index (χ0) is 10.7. The van der Waals surface area contributed by atoms with Gasteiger partial charge >= 0.3 is 0 Å². The first kappa shape index (κ1) is 10.7. The molecule has 3 heteroatoms. The van der Waals surface area contributed by atoms with Crippen LogP contribution in [0.15, 0.2) is 22.9 Å². The van der Waals surface area contributed by atoms with Gasteiger partial charge < -0.3 is 5.32 Å². The van der Waals surface area contributed by atoms with Crippen molar-refractivity contribution in [3.05, 3.63) is 22.9 Å². The Bertz CT molecular complexity index is 337. The molecule has 1 aliphatic rings. The molecule has 1 aliphatic carbocycles. The molecule has 0 unspecified atom stereocenters. The first-order valence-electron chi connectivity index (χ1n) is 4.80. The average molecular weight is 193 g/mol. The van der Waals surface area contributed by atoms with Gasteiger partial charge in [-0.2, -0.15) is 0 Å². The molecule has 0 aromatic carbocycles. The Morgan fingerprint density at radius 2 is 1.86 bits per heavy atom. The van der Waals surface area contributed by atoms with Crippen molar-refractivity contribution in [2.75, 3.05) is 6.54 Å². The van der Waals surface area contributed by atoms with Crippen molar-refractivity contribution in [1.82, 2.24) is 5.32 Å². The van der Waals surface area contributed by atoms with Gasteiger partial charge in [0.1, 0.15) is 0 Å². The molecule has 0 saturated heterocycles. The summed E-state index contributed by atoms with van der Waals surface area (Å²) in [5.74, 6) is -0.128. The molecule has 0 atom stereocenters. The Hall–Kier alpha value is -1.38. The third-order valence-electron chi connectivity index (χ3n) is 2.36. The molecule has 0 aromatic heterocycles. The standard InChI is InChI=1S/C11H15NO2/c1-4-5-12-9-6-10(13)7(2)8(3)11(9)14/h6,12H,4-5H2,1-3H3. The van der Waals surface area contributed by atoms with Crippen LogP contribution in [0.1, 0.15) is 27.2 Å². The summed E-state index contributed by atoms with van der Waals surface area (Å²) < 4.78 is 0. The Morgan fingerprint density at radius 3 is 2.43 bits per heavy atom. The summed E-state index contributed by atoms with van der Waals surface area (Å²) in [6.07, 6.45) is 2.32. The van der Waals surface area contributed by atoms with Gasteiger partial charge in [0, 0.05) is 23.8 Å². The third kappa shape index (κ3) is 1.92. The maximum atomic E-state index is 11.6. The van der Waals surface area contributed by atoms with Crippen molar-refractivity contribution in [1.29, 1.82) is 0 Å². The van der Waals surface area contributed by atoms with Crippen LogP contribution >= 0.6 is 0 Å². The number of nitrogens with one attached hydrogen (secondary N) is 1. The SMILES string of the molecule is CCCNC1=CC(=O)C(C)=C(C)C1=O. The van der Waals surface area contributed by atoms with Crippen molar-refractivity contribution in [3.8, 4) is 0 Å². The fourth-order valence-corrected chi connectivity index (χ4v) is 1.25. The highest BCUT2D eigenvalue weighted by molar-refractivity contribution is 6.21. The summed E-state index contributed by atoms with van der Waals surface area (Å²) in [4.78, 5) is 23.0. The summed E-state index contributed by atoms with van der Waals surface area (Å²) in [5, 5.41) is 2.96. The molecule has 0 bridgehead atoms. The highest BCUT2D eigenvalue weighted by atomic mass is 16.1. The van der Waals surface area contributed by atoms with Crippen LogP contribution < -0.4 is 5.32 Å². The van der Waals surface area contributed by atoms with E-state index in [-0.39, 0.29) is 11.6 Å². The third-order valence-corrected chi connectivity index (χ3v) is 2.36. The predicted octanol–water partition coefficient (Wildman–Crippen LogP) is 1.36. The zero-order valence-corrected chi connectivity index (χ0v) is 8.81. The number of hydrogen-bond acceptors (Lipinski definition) is 3. The zero-order valence-electron chi connectivity index (χ0n) is 8.81. The molecule has 0 fully saturated rings. The summed E-state index contributed by atoms with van der Waals surface area (Å²) in [6.45, 7) is 6.10. The molecule has 0 radical (unpaired) electrons. The Morgan fingerprint density at radius 1 is 1.21 bits per heavy atom. The van der Waals surface area contributed by atoms with E-state index in [1.807, 2.05) is 6.92 Å². The largest absolute Gasteiger partial charge is 0.382 e. The molecule has 0 heterocycles. The highest BCUT2D eigenvalue weighted by Crippen LogP contribution is 2.16. The van der Waals surface area contributed by atoms with Crippen LogP contribution in [-0.2, 0) is 9.59 Å². The van der Waals surface area contributed by atoms with Crippen LogP contribution in [0.4, 0.5) is 0 Å². The van der Waals surface area contributed by atoms with Gasteiger partial charge in [-0.25, -0.2) is 0 Å². The van der Waals surface area contributed by atoms with E-state index in [4.69, 9.17) is 0 Å². The maximum Gasteiger partial charge on any atom is 0.205 e. The number of ketones is 2. The lowest BCUT2D eigenvalue weighted by Crippen LogP contribution is -2.27. The summed E-state index contributed by atoms with van der Waals surface area (Å²) >= 11 is 0. The summed E-state index contributed by atoms with van der Waals surface area (Å²) in [5.41, 5.74) is 1.54. The number of rotatable bonds is 3. The van der Waals surface area contributed by atoms with Crippen LogP contribution in [-0.4, -0.2) is 18.1 Å². The Kier molecular flexibility index (Phi) is 3.23. The van der Waals surface area contributed by atoms with Gasteiger partial charge in [0.05, 0.1) is 5.70 Å². The van der Waals surface area contributed by atoms with E-state index >= 15 is 0 Å². The number of carbonyl (C=O) groups excluding carboxylic acids is 2. The van der Waals surface area contributed by atoms with Crippen molar-refractivity contribution >= 4 is 11.6 Å². The second kappa shape index (κ2) is 4.22. The first-order chi connectivity index (χ1) is 6.57. The number of allylic oxidation sites excluding steroid dienone is 3. The quantitative estimate of drug-likeness (QED) is 0.688. The van der Waals surface area contributed by atoms with Gasteiger partial charge in [0.25, 0.3) is 0 Å². The van der Waals surface area contributed by atoms with E-state index in [0.717, 1.165) is 13.0 Å². The minimum absolute atomic E-state index is 0.0597. The lowest BCUT2D eigenvalue weighted by Gasteiger charge is -2.15. The van der Waals surface area contributed by atoms with Gasteiger partial charge in [-0.05, 0) is 20.3 Å². The van der Waals surface area contributed by atoms with Gasteiger partial charge in [0.2, 0.25) is 5.78 Å². The van der Waals surface area contributed by atoms with Crippen molar-refractivity contribution in [3.63, 3.8) is 0 Å². The Balaban J connectivity index is 2.86. The topological polar surface area (TPSA) is 46.2 Å². The minimum Gasteiger partial charge on any atom is -0.382 e. The number of carbonyl (C=O) groups is 2. The molecule has 1 N–H and O–H groups in total. The van der Waals surface area contributed by atoms with Gasteiger partial charge in [-0.1, -0.05) is 6.92 Å². The van der Waals surface area contributed by atoms with E-state index in [1.165, 1.54) is 6.08 Å². The van der Waals surface area contributed by atoms with Gasteiger partial charge in [-0.3, -0.25) is 9.59 Å². The molecule has 14 heavy (non-hydrogen) atoms. The summed E-state index contributed by atoms with van der Waals surface area (Å²) in [7, 11) is 0. The maximum absolute atomic E-state index is 11.6. The molecule has 0 saturated carbocycles. The lowest BCUT2D eigenvalue weighted by atomic mass is 9.95. The van der Waals surface area contributed by atoms with E-state index in [1.54, 1.807) is 13.8 Å². The Labute approximate surface area is 83.9 Å². The molecule has 1 rings (SSSR count). The van der Waals surface area contributed by atoms with Crippen molar-refractivity contribution in [2.24, 2.45) is 0 Å². The van der Waals surface area contributed by atoms with Crippen LogP contribution in [0.25, 0.3) is 0 Å². The van der Waals surface area contributed by atoms with E-state index in [9.17, 15) is 9.59 Å². The van der Waals surface area contributed by atoms with Crippen LogP contribution in [0.5, 0.6) is 0 Å². The van der Waals surface area contributed by atoms with Gasteiger partial charge in [-0.15, -0.1) is 0 Å². The average Bonchev–Trinajstić information content (AvgIpc) is 2.18. The van der Waals surface area contributed by atoms with E-state index in [2.05, 4.69) is 5.32 Å². The van der Waals surface area contributed by atoms with Crippen LogP contribution in [0.2, 0.25) is 0 Å². The van der Waals surface area contributed by atoms with Crippen LogP contribution in [0.3, 0.4) is 0 Å².